The topological polar surface area (TPSA) is 188 Å². The second kappa shape index (κ2) is 22.1. The van der Waals surface area contributed by atoms with E-state index < -0.39 is 17.8 Å². The van der Waals surface area contributed by atoms with Crippen LogP contribution in [-0.4, -0.2) is 57.7 Å². The van der Waals surface area contributed by atoms with Crippen LogP contribution >= 0.6 is 69.6 Å². The average molecular weight is 670 g/mol. The van der Waals surface area contributed by atoms with E-state index in [9.17, 15) is 0 Å². The second-order valence-electron chi connectivity index (χ2n) is 5.94. The Hall–Kier alpha value is -1.07. The molecule has 0 atom stereocenters. The average Bonchev–Trinajstić information content (AvgIpc) is 3.34. The summed E-state index contributed by atoms with van der Waals surface area (Å²) in [6.07, 6.45) is 11.1. The molecule has 0 unspecified atom stereocenters. The minimum Gasteiger partial charge on any atom is -0.328 e. The zero-order valence-corrected chi connectivity index (χ0v) is 23.2. The maximum atomic E-state index is 8.36. The van der Waals surface area contributed by atoms with E-state index in [4.69, 9.17) is 100 Å². The number of aromatic nitrogens is 6. The van der Waals surface area contributed by atoms with Crippen LogP contribution in [0.3, 0.4) is 0 Å². The van der Waals surface area contributed by atoms with E-state index >= 15 is 0 Å². The third kappa shape index (κ3) is 37.6. The molecule has 0 aromatic carbocycles. The number of hydrogen-bond donors (Lipinski definition) is 2. The Balaban J connectivity index is -0.000000440. The summed E-state index contributed by atoms with van der Waals surface area (Å²) < 4.78 is 1.28. The van der Waals surface area contributed by atoms with Crippen molar-refractivity contribution >= 4 is 69.6 Å². The van der Waals surface area contributed by atoms with Gasteiger partial charge in [-0.15, -0.1) is 20.2 Å². The predicted molar refractivity (Wildman–Crippen MR) is 126 cm³/mol. The summed E-state index contributed by atoms with van der Waals surface area (Å²) in [5.41, 5.74) is 0. The first-order chi connectivity index (χ1) is 15.6. The summed E-state index contributed by atoms with van der Waals surface area (Å²) in [4.78, 5) is 24.4. The van der Waals surface area contributed by atoms with Gasteiger partial charge in [-0.3, -0.25) is 9.36 Å². The second-order valence-corrected chi connectivity index (χ2v) is 11.0. The molecule has 0 spiro atoms. The van der Waals surface area contributed by atoms with Crippen LogP contribution in [0.5, 0.6) is 0 Å². The molecular weight excluding hydrogens is 648 g/mol. The summed E-state index contributed by atoms with van der Waals surface area (Å²) in [7, 11) is 0. The summed E-state index contributed by atoms with van der Waals surface area (Å²) in [6, 6.07) is 0. The number of aryl methyl sites for hydroxylation is 2. The van der Waals surface area contributed by atoms with E-state index in [1.54, 1.807) is 22.0 Å². The smallest absolute Gasteiger partial charge is 0.291 e. The van der Waals surface area contributed by atoms with Gasteiger partial charge < -0.3 is 10.4 Å². The van der Waals surface area contributed by atoms with Crippen molar-refractivity contribution in [2.24, 2.45) is 0 Å². The quantitative estimate of drug-likeness (QED) is 0.169. The van der Waals surface area contributed by atoms with Crippen molar-refractivity contribution < 1.29 is 37.4 Å². The Bertz CT molecular complexity index is 692. The molecule has 1 radical (unpaired) electrons. The number of hydrogen-bond acceptors (Lipinski definition) is 8. The van der Waals surface area contributed by atoms with Gasteiger partial charge in [-0.25, -0.2) is 9.97 Å². The SMILES string of the molecule is ClC(Cl)(Cl)CCCCn1cncn1.ClC(Cl)(Cl)CCCCn1cncn1.O=[N+]([O-])O.O=[N+]([O-])O.[Co]. The van der Waals surface area contributed by atoms with Crippen LogP contribution < -0.4 is 0 Å². The van der Waals surface area contributed by atoms with Gasteiger partial charge in [0.25, 0.3) is 10.2 Å². The van der Waals surface area contributed by atoms with Gasteiger partial charge in [-0.2, -0.15) is 10.2 Å². The van der Waals surface area contributed by atoms with Crippen molar-refractivity contribution in [2.75, 3.05) is 0 Å². The number of nitrogens with zero attached hydrogens (tertiary/aromatic N) is 8. The van der Waals surface area contributed by atoms with Crippen molar-refractivity contribution in [1.29, 1.82) is 0 Å². The molecule has 0 aliphatic rings. The zero-order chi connectivity index (χ0) is 26.6. The molecule has 2 aromatic rings. The van der Waals surface area contributed by atoms with Crippen molar-refractivity contribution in [3.8, 4) is 0 Å². The van der Waals surface area contributed by atoms with E-state index in [1.807, 2.05) is 0 Å². The molecule has 0 saturated heterocycles. The summed E-state index contributed by atoms with van der Waals surface area (Å²) in [5.74, 6) is 0. The van der Waals surface area contributed by atoms with Crippen molar-refractivity contribution in [2.45, 2.75) is 59.2 Å². The van der Waals surface area contributed by atoms with Crippen LogP contribution in [0.4, 0.5) is 0 Å². The molecule has 205 valence electrons. The molecule has 2 N–H and O–H groups in total. The largest absolute Gasteiger partial charge is 0.328 e. The number of unbranched alkanes of at least 4 members (excludes halogenated alkanes) is 2. The standard InChI is InChI=1S/2C7H10Cl3N3.Co.2HNO3/c2*8-7(9,10)3-1-2-4-13-6-11-5-12-13;;2*2-1(3)4/h2*5-6H,1-4H2;;2*(H,2,3,4). The molecule has 0 amide bonds. The molecule has 21 heteroatoms. The summed E-state index contributed by atoms with van der Waals surface area (Å²) in [5, 5.41) is 35.2. The minimum absolute atomic E-state index is 0. The van der Waals surface area contributed by atoms with E-state index in [0.717, 1.165) is 38.8 Å². The molecule has 0 fully saturated rings. The van der Waals surface area contributed by atoms with Crippen LogP contribution in [0.15, 0.2) is 25.3 Å². The molecule has 35 heavy (non-hydrogen) atoms. The van der Waals surface area contributed by atoms with Gasteiger partial charge >= 0.3 is 0 Å². The Kier molecular flexibility index (Phi) is 24.3. The molecule has 14 nitrogen and oxygen atoms in total. The van der Waals surface area contributed by atoms with Crippen LogP contribution in [0, 0.1) is 20.2 Å². The summed E-state index contributed by atoms with van der Waals surface area (Å²) >= 11 is 33.5. The molecule has 2 heterocycles. The Morgan fingerprint density at radius 2 is 1.00 bits per heavy atom. The molecule has 2 aromatic heterocycles. The van der Waals surface area contributed by atoms with E-state index in [0.29, 0.717) is 12.8 Å². The van der Waals surface area contributed by atoms with Crippen molar-refractivity contribution in [3.63, 3.8) is 0 Å². The Morgan fingerprint density at radius 3 is 1.20 bits per heavy atom. The van der Waals surface area contributed by atoms with Gasteiger partial charge in [0.2, 0.25) is 0 Å². The van der Waals surface area contributed by atoms with E-state index in [1.165, 1.54) is 12.7 Å². The van der Waals surface area contributed by atoms with Crippen LogP contribution in [0.25, 0.3) is 0 Å². The molecule has 0 bridgehead atoms. The molecule has 0 aliphatic carbocycles. The number of rotatable bonds is 8. The van der Waals surface area contributed by atoms with Gasteiger partial charge in [-0.1, -0.05) is 69.6 Å². The maximum absolute atomic E-state index is 8.36. The van der Waals surface area contributed by atoms with E-state index in [2.05, 4.69) is 20.2 Å². The fourth-order valence-corrected chi connectivity index (χ4v) is 2.70. The van der Waals surface area contributed by atoms with Gasteiger partial charge in [-0.05, 0) is 38.5 Å². The first-order valence-corrected chi connectivity index (χ1v) is 11.3. The normalized spacial score (nSPS) is 10.2. The fourth-order valence-electron chi connectivity index (χ4n) is 1.89. The van der Waals surface area contributed by atoms with Crippen LogP contribution in [0.1, 0.15) is 38.5 Å². The van der Waals surface area contributed by atoms with Crippen molar-refractivity contribution in [1.82, 2.24) is 29.5 Å². The Morgan fingerprint density at radius 1 is 0.714 bits per heavy atom. The Labute approximate surface area is 240 Å². The van der Waals surface area contributed by atoms with Gasteiger partial charge in [0, 0.05) is 29.9 Å². The molecule has 0 aliphatic heterocycles. The first-order valence-electron chi connectivity index (χ1n) is 9.07. The maximum Gasteiger partial charge on any atom is 0.291 e. The van der Waals surface area contributed by atoms with Gasteiger partial charge in [0.15, 0.2) is 7.59 Å². The van der Waals surface area contributed by atoms with Crippen LogP contribution in [0.2, 0.25) is 0 Å². The first kappa shape index (κ1) is 38.5. The number of halogens is 6. The zero-order valence-electron chi connectivity index (χ0n) is 17.7. The van der Waals surface area contributed by atoms with Gasteiger partial charge in [0.1, 0.15) is 25.3 Å². The molecule has 0 saturated carbocycles. The third-order valence-electron chi connectivity index (χ3n) is 3.13. The fraction of sp³-hybridized carbons (Fsp3) is 0.714. The number of alkyl halides is 6. The van der Waals surface area contributed by atoms with Crippen LogP contribution in [-0.2, 0) is 29.9 Å². The summed E-state index contributed by atoms with van der Waals surface area (Å²) in [6.45, 7) is 1.64. The van der Waals surface area contributed by atoms with Crippen molar-refractivity contribution in [3.05, 3.63) is 45.5 Å². The minimum atomic E-state index is -1.50. The predicted octanol–water partition coefficient (Wildman–Crippen LogP) is 4.94. The monoisotopic (exact) mass is 667 g/mol. The molecular formula is C14H22Cl6CoN8O6. The third-order valence-corrected chi connectivity index (χ3v) is 4.26. The van der Waals surface area contributed by atoms with Gasteiger partial charge in [0.05, 0.1) is 0 Å². The molecule has 2 rings (SSSR count). The van der Waals surface area contributed by atoms with E-state index in [-0.39, 0.29) is 16.8 Å².